The zero-order valence-corrected chi connectivity index (χ0v) is 8.32. The van der Waals surface area contributed by atoms with Crippen LogP contribution in [0.5, 0.6) is 0 Å². The zero-order chi connectivity index (χ0) is 10.8. The number of rotatable bonds is 1. The average Bonchev–Trinajstić information content (AvgIpc) is 2.28. The Kier molecular flexibility index (Phi) is 2.37. The van der Waals surface area contributed by atoms with E-state index in [4.69, 9.17) is 0 Å². The maximum absolute atomic E-state index is 11.5. The van der Waals surface area contributed by atoms with E-state index in [1.165, 1.54) is 7.11 Å². The van der Waals surface area contributed by atoms with Crippen molar-refractivity contribution in [2.45, 2.75) is 6.42 Å². The van der Waals surface area contributed by atoms with E-state index in [0.29, 0.717) is 23.1 Å². The third-order valence-corrected chi connectivity index (χ3v) is 2.40. The molecule has 0 amide bonds. The minimum atomic E-state index is -0.411. The van der Waals surface area contributed by atoms with Crippen LogP contribution in [-0.4, -0.2) is 18.9 Å². The number of benzene rings is 1. The standard InChI is InChI=1S/C12H10O3/c1-15-12(14)10-6-2-5-9-8(10)4-3-7-11(9)13/h2-6H,7H2,1H3. The molecule has 0 N–H and O–H groups in total. The number of carbonyl (C=O) groups is 2. The first-order chi connectivity index (χ1) is 7.24. The van der Waals surface area contributed by atoms with Crippen LogP contribution < -0.4 is 0 Å². The molecule has 3 nitrogen and oxygen atoms in total. The van der Waals surface area contributed by atoms with E-state index >= 15 is 0 Å². The van der Waals surface area contributed by atoms with E-state index in [1.807, 2.05) is 0 Å². The Labute approximate surface area is 87.4 Å². The quantitative estimate of drug-likeness (QED) is 0.655. The van der Waals surface area contributed by atoms with Gasteiger partial charge in [0, 0.05) is 12.0 Å². The predicted molar refractivity (Wildman–Crippen MR) is 55.8 cm³/mol. The van der Waals surface area contributed by atoms with Gasteiger partial charge in [-0.3, -0.25) is 4.79 Å². The topological polar surface area (TPSA) is 43.4 Å². The summed E-state index contributed by atoms with van der Waals surface area (Å²) < 4.78 is 4.65. The van der Waals surface area contributed by atoms with Gasteiger partial charge in [-0.05, 0) is 11.6 Å². The van der Waals surface area contributed by atoms with Crippen LogP contribution >= 0.6 is 0 Å². The van der Waals surface area contributed by atoms with Gasteiger partial charge in [0.05, 0.1) is 12.7 Å². The van der Waals surface area contributed by atoms with Crippen LogP contribution in [0.25, 0.3) is 6.08 Å². The summed E-state index contributed by atoms with van der Waals surface area (Å²) >= 11 is 0. The molecule has 15 heavy (non-hydrogen) atoms. The fourth-order valence-corrected chi connectivity index (χ4v) is 1.67. The van der Waals surface area contributed by atoms with Crippen LogP contribution in [0.1, 0.15) is 32.7 Å². The van der Waals surface area contributed by atoms with Gasteiger partial charge in [0.25, 0.3) is 0 Å². The van der Waals surface area contributed by atoms with Crippen LogP contribution in [0.4, 0.5) is 0 Å². The number of carbonyl (C=O) groups excluding carboxylic acids is 2. The fourth-order valence-electron chi connectivity index (χ4n) is 1.67. The molecule has 0 atom stereocenters. The van der Waals surface area contributed by atoms with E-state index < -0.39 is 5.97 Å². The van der Waals surface area contributed by atoms with Gasteiger partial charge in [-0.15, -0.1) is 0 Å². The second-order valence-electron chi connectivity index (χ2n) is 3.29. The lowest BCUT2D eigenvalue weighted by molar-refractivity contribution is 0.0600. The molecule has 1 aromatic rings. The van der Waals surface area contributed by atoms with Gasteiger partial charge in [-0.2, -0.15) is 0 Å². The van der Waals surface area contributed by atoms with Crippen LogP contribution in [0.15, 0.2) is 24.3 Å². The van der Waals surface area contributed by atoms with Crippen molar-refractivity contribution in [1.82, 2.24) is 0 Å². The van der Waals surface area contributed by atoms with Crippen molar-refractivity contribution < 1.29 is 14.3 Å². The highest BCUT2D eigenvalue weighted by molar-refractivity contribution is 6.07. The molecule has 3 heteroatoms. The molecule has 0 unspecified atom stereocenters. The monoisotopic (exact) mass is 202 g/mol. The van der Waals surface area contributed by atoms with Gasteiger partial charge in [0.1, 0.15) is 0 Å². The predicted octanol–water partition coefficient (Wildman–Crippen LogP) is 2.07. The molecule has 76 valence electrons. The number of allylic oxidation sites excluding steroid dienone is 1. The van der Waals surface area contributed by atoms with Gasteiger partial charge in [-0.25, -0.2) is 4.79 Å². The highest BCUT2D eigenvalue weighted by Gasteiger charge is 2.19. The van der Waals surface area contributed by atoms with Crippen LogP contribution in [0.3, 0.4) is 0 Å². The number of esters is 1. The van der Waals surface area contributed by atoms with Crippen LogP contribution in [0, 0.1) is 0 Å². The smallest absolute Gasteiger partial charge is 0.338 e. The van der Waals surface area contributed by atoms with E-state index in [0.717, 1.165) is 0 Å². The number of hydrogen-bond donors (Lipinski definition) is 0. The third kappa shape index (κ3) is 1.56. The highest BCUT2D eigenvalue weighted by Crippen LogP contribution is 2.23. The van der Waals surface area contributed by atoms with Crippen LogP contribution in [0.2, 0.25) is 0 Å². The molecular formula is C12H10O3. The second-order valence-corrected chi connectivity index (χ2v) is 3.29. The maximum Gasteiger partial charge on any atom is 0.338 e. The largest absolute Gasteiger partial charge is 0.465 e. The Morgan fingerprint density at radius 2 is 2.20 bits per heavy atom. The van der Waals surface area contributed by atoms with E-state index in [-0.39, 0.29) is 5.78 Å². The third-order valence-electron chi connectivity index (χ3n) is 2.40. The first kappa shape index (κ1) is 9.65. The van der Waals surface area contributed by atoms with E-state index in [1.54, 1.807) is 30.4 Å². The molecule has 0 fully saturated rings. The summed E-state index contributed by atoms with van der Waals surface area (Å²) in [6, 6.07) is 5.09. The fraction of sp³-hybridized carbons (Fsp3) is 0.167. The summed E-state index contributed by atoms with van der Waals surface area (Å²) in [5.41, 5.74) is 1.71. The van der Waals surface area contributed by atoms with Crippen molar-refractivity contribution in [3.05, 3.63) is 41.0 Å². The number of fused-ring (bicyclic) bond motifs is 1. The summed E-state index contributed by atoms with van der Waals surface area (Å²) in [5, 5.41) is 0. The number of ether oxygens (including phenoxy) is 1. The lowest BCUT2D eigenvalue weighted by Gasteiger charge is -2.12. The molecule has 0 aliphatic heterocycles. The molecule has 1 aromatic carbocycles. The summed E-state index contributed by atoms with van der Waals surface area (Å²) in [5.74, 6) is -0.371. The molecule has 0 aromatic heterocycles. The molecular weight excluding hydrogens is 192 g/mol. The first-order valence-electron chi connectivity index (χ1n) is 4.65. The van der Waals surface area contributed by atoms with Crippen molar-refractivity contribution in [1.29, 1.82) is 0 Å². The molecule has 1 aliphatic carbocycles. The summed E-state index contributed by atoms with van der Waals surface area (Å²) in [6.45, 7) is 0. The molecule has 0 spiro atoms. The van der Waals surface area contributed by atoms with Gasteiger partial charge < -0.3 is 4.74 Å². The number of hydrogen-bond acceptors (Lipinski definition) is 3. The minimum absolute atomic E-state index is 0.0400. The normalized spacial score (nSPS) is 13.5. The SMILES string of the molecule is COC(=O)c1cccc2c1C=CCC2=O. The Hall–Kier alpha value is -1.90. The zero-order valence-electron chi connectivity index (χ0n) is 8.32. The lowest BCUT2D eigenvalue weighted by Crippen LogP contribution is -2.11. The molecule has 0 radical (unpaired) electrons. The maximum atomic E-state index is 11.5. The average molecular weight is 202 g/mol. The highest BCUT2D eigenvalue weighted by atomic mass is 16.5. The van der Waals surface area contributed by atoms with Crippen molar-refractivity contribution in [2.24, 2.45) is 0 Å². The summed E-state index contributed by atoms with van der Waals surface area (Å²) in [7, 11) is 1.33. The molecule has 0 heterocycles. The van der Waals surface area contributed by atoms with Crippen molar-refractivity contribution in [3.63, 3.8) is 0 Å². The van der Waals surface area contributed by atoms with Crippen molar-refractivity contribution >= 4 is 17.8 Å². The van der Waals surface area contributed by atoms with Gasteiger partial charge in [0.2, 0.25) is 0 Å². The van der Waals surface area contributed by atoms with E-state index in [9.17, 15) is 9.59 Å². The Bertz CT molecular complexity index is 458. The minimum Gasteiger partial charge on any atom is -0.465 e. The number of ketones is 1. The Morgan fingerprint density at radius 1 is 1.40 bits per heavy atom. The van der Waals surface area contributed by atoms with E-state index in [2.05, 4.69) is 4.74 Å². The lowest BCUT2D eigenvalue weighted by atomic mass is 9.92. The van der Waals surface area contributed by atoms with Gasteiger partial charge >= 0.3 is 5.97 Å². The number of Topliss-reactive ketones (excluding diaryl/α,β-unsaturated/α-hetero) is 1. The molecule has 1 aliphatic rings. The van der Waals surface area contributed by atoms with Crippen molar-refractivity contribution in [3.8, 4) is 0 Å². The van der Waals surface area contributed by atoms with Crippen LogP contribution in [-0.2, 0) is 4.74 Å². The second kappa shape index (κ2) is 3.69. The summed E-state index contributed by atoms with van der Waals surface area (Å²) in [6.07, 6.45) is 3.96. The summed E-state index contributed by atoms with van der Waals surface area (Å²) in [4.78, 5) is 23.0. The molecule has 2 rings (SSSR count). The van der Waals surface area contributed by atoms with Gasteiger partial charge in [0.15, 0.2) is 5.78 Å². The number of methoxy groups -OCH3 is 1. The molecule has 0 saturated carbocycles. The first-order valence-corrected chi connectivity index (χ1v) is 4.65. The molecule has 0 saturated heterocycles. The van der Waals surface area contributed by atoms with Gasteiger partial charge in [-0.1, -0.05) is 24.3 Å². The molecule has 0 bridgehead atoms. The Morgan fingerprint density at radius 3 is 2.93 bits per heavy atom. The van der Waals surface area contributed by atoms with Crippen molar-refractivity contribution in [2.75, 3.05) is 7.11 Å². The Balaban J connectivity index is 2.60.